The molecular formula is C53H43NO. The number of allylic oxidation sites excluding steroid dienone is 4. The van der Waals surface area contributed by atoms with Gasteiger partial charge in [0.15, 0.2) is 5.58 Å². The molecule has 0 aliphatic heterocycles. The molecule has 0 N–H and O–H groups in total. The van der Waals surface area contributed by atoms with Gasteiger partial charge in [0.2, 0.25) is 0 Å². The van der Waals surface area contributed by atoms with Crippen LogP contribution in [0.25, 0.3) is 44.2 Å². The third-order valence-corrected chi connectivity index (χ3v) is 11.2. The molecule has 0 fully saturated rings. The first-order valence-corrected chi connectivity index (χ1v) is 19.0. The number of hydrogen-bond acceptors (Lipinski definition) is 2. The van der Waals surface area contributed by atoms with Crippen molar-refractivity contribution in [2.45, 2.75) is 31.6 Å². The molecule has 0 saturated heterocycles. The molecule has 0 unspecified atom stereocenters. The third kappa shape index (κ3) is 5.32. The summed E-state index contributed by atoms with van der Waals surface area (Å²) in [5.41, 5.74) is 14.9. The molecule has 0 radical (unpaired) electrons. The number of rotatable bonds is 8. The van der Waals surface area contributed by atoms with Gasteiger partial charge in [0.05, 0.1) is 11.1 Å². The summed E-state index contributed by atoms with van der Waals surface area (Å²) in [6, 6.07) is 58.8. The summed E-state index contributed by atoms with van der Waals surface area (Å²) in [5, 5.41) is 2.27. The van der Waals surface area contributed by atoms with E-state index >= 15 is 0 Å². The first-order chi connectivity index (χ1) is 26.9. The van der Waals surface area contributed by atoms with E-state index in [1.807, 2.05) is 12.2 Å². The van der Waals surface area contributed by atoms with Crippen molar-refractivity contribution in [3.63, 3.8) is 0 Å². The molecule has 2 nitrogen and oxygen atoms in total. The third-order valence-electron chi connectivity index (χ3n) is 11.2. The van der Waals surface area contributed by atoms with E-state index in [-0.39, 0.29) is 5.41 Å². The molecule has 1 aliphatic carbocycles. The molecular weight excluding hydrogens is 667 g/mol. The quantitative estimate of drug-likeness (QED) is 0.146. The number of fused-ring (bicyclic) bond motifs is 6. The van der Waals surface area contributed by atoms with Crippen LogP contribution in [-0.2, 0) is 10.8 Å². The Morgan fingerprint density at radius 2 is 1.16 bits per heavy atom. The number of furan rings is 1. The van der Waals surface area contributed by atoms with Gasteiger partial charge in [0.25, 0.3) is 0 Å². The van der Waals surface area contributed by atoms with Crippen LogP contribution in [0.4, 0.5) is 17.1 Å². The molecule has 0 amide bonds. The number of para-hydroxylation sites is 2. The van der Waals surface area contributed by atoms with Crippen LogP contribution in [0.5, 0.6) is 0 Å². The van der Waals surface area contributed by atoms with Gasteiger partial charge in [-0.2, -0.15) is 0 Å². The van der Waals surface area contributed by atoms with Crippen molar-refractivity contribution in [3.8, 4) is 22.3 Å². The van der Waals surface area contributed by atoms with Gasteiger partial charge in [-0.3, -0.25) is 0 Å². The summed E-state index contributed by atoms with van der Waals surface area (Å²) in [5.74, 6) is 0. The maximum absolute atomic E-state index is 7.13. The fraction of sp³-hybridized carbons (Fsp3) is 0.0943. The minimum absolute atomic E-state index is 0.112. The van der Waals surface area contributed by atoms with E-state index in [1.165, 1.54) is 33.4 Å². The Balaban J connectivity index is 1.29. The van der Waals surface area contributed by atoms with Gasteiger partial charge in [-0.1, -0.05) is 186 Å². The second-order valence-corrected chi connectivity index (χ2v) is 15.4. The van der Waals surface area contributed by atoms with Crippen LogP contribution < -0.4 is 4.90 Å². The minimum Gasteiger partial charge on any atom is -0.453 e. The van der Waals surface area contributed by atoms with Gasteiger partial charge in [-0.05, 0) is 80.3 Å². The summed E-state index contributed by atoms with van der Waals surface area (Å²) in [7, 11) is 0. The molecule has 55 heavy (non-hydrogen) atoms. The van der Waals surface area contributed by atoms with Crippen molar-refractivity contribution in [1.29, 1.82) is 0 Å². The Hall–Kier alpha value is -6.64. The Morgan fingerprint density at radius 1 is 0.582 bits per heavy atom. The highest BCUT2D eigenvalue weighted by molar-refractivity contribution is 6.15. The Kier molecular flexibility index (Phi) is 8.28. The van der Waals surface area contributed by atoms with Crippen LogP contribution >= 0.6 is 0 Å². The van der Waals surface area contributed by atoms with Crippen LogP contribution in [0.3, 0.4) is 0 Å². The molecule has 0 atom stereocenters. The van der Waals surface area contributed by atoms with Gasteiger partial charge >= 0.3 is 0 Å². The SMILES string of the molecule is C=C/C=C(\C=C)C1(c2ccc(N(c3ccccc3)c3ccc(C(C)(C)C)c4c3oc3c(-c5ccccc5)cccc34)cc2)c2ccccc2-c2ccccc21. The standard InChI is InChI=1S/C53H43NO/c1-6-19-37(7-2)53(45-28-16-14-24-42(45)43-25-15-17-29-46(43)53)38-30-32-40(33-31-38)54(39-22-12-9-13-23-39)48-35-34-47(52(3,4)5)49-44-27-18-26-41(50(44)55-51(48)49)36-20-10-8-11-21-36/h6-35H,1-2H2,3-5H3/b37-19+. The highest BCUT2D eigenvalue weighted by Gasteiger charge is 2.46. The predicted molar refractivity (Wildman–Crippen MR) is 233 cm³/mol. The predicted octanol–water partition coefficient (Wildman–Crippen LogP) is 14.6. The van der Waals surface area contributed by atoms with Crippen molar-refractivity contribution < 1.29 is 4.42 Å². The number of nitrogens with zero attached hydrogens (tertiary/aromatic N) is 1. The summed E-state index contributed by atoms with van der Waals surface area (Å²) < 4.78 is 7.13. The molecule has 2 heteroatoms. The van der Waals surface area contributed by atoms with Gasteiger partial charge < -0.3 is 9.32 Å². The highest BCUT2D eigenvalue weighted by Crippen LogP contribution is 2.57. The first kappa shape index (κ1) is 34.1. The number of hydrogen-bond donors (Lipinski definition) is 0. The average Bonchev–Trinajstić information content (AvgIpc) is 3.76. The average molecular weight is 710 g/mol. The monoisotopic (exact) mass is 709 g/mol. The molecule has 9 rings (SSSR count). The summed E-state index contributed by atoms with van der Waals surface area (Å²) >= 11 is 0. The number of anilines is 3. The lowest BCUT2D eigenvalue weighted by Crippen LogP contribution is -2.29. The zero-order chi connectivity index (χ0) is 37.7. The van der Waals surface area contributed by atoms with Crippen molar-refractivity contribution in [3.05, 3.63) is 223 Å². The van der Waals surface area contributed by atoms with Crippen molar-refractivity contribution in [2.24, 2.45) is 0 Å². The number of benzene rings is 7. The van der Waals surface area contributed by atoms with Gasteiger partial charge in [-0.15, -0.1) is 0 Å². The zero-order valence-corrected chi connectivity index (χ0v) is 31.6. The van der Waals surface area contributed by atoms with Crippen molar-refractivity contribution >= 4 is 39.0 Å². The molecule has 1 aromatic heterocycles. The summed E-state index contributed by atoms with van der Waals surface area (Å²) in [6.07, 6.45) is 5.97. The molecule has 1 aliphatic rings. The van der Waals surface area contributed by atoms with Crippen LogP contribution in [0, 0.1) is 0 Å². The lowest BCUT2D eigenvalue weighted by Gasteiger charge is -2.35. The van der Waals surface area contributed by atoms with E-state index in [0.717, 1.165) is 55.7 Å². The highest BCUT2D eigenvalue weighted by atomic mass is 16.3. The molecule has 1 heterocycles. The fourth-order valence-corrected chi connectivity index (χ4v) is 8.90. The summed E-state index contributed by atoms with van der Waals surface area (Å²) in [6.45, 7) is 15.3. The maximum Gasteiger partial charge on any atom is 0.159 e. The molecule has 7 aromatic carbocycles. The van der Waals surface area contributed by atoms with Crippen molar-refractivity contribution in [2.75, 3.05) is 4.90 Å². The Labute approximate surface area is 324 Å². The van der Waals surface area contributed by atoms with Gasteiger partial charge in [0, 0.05) is 27.7 Å². The lowest BCUT2D eigenvalue weighted by atomic mass is 9.67. The normalized spacial score (nSPS) is 13.4. The van der Waals surface area contributed by atoms with Crippen LogP contribution in [0.2, 0.25) is 0 Å². The van der Waals surface area contributed by atoms with E-state index in [0.29, 0.717) is 0 Å². The van der Waals surface area contributed by atoms with E-state index in [9.17, 15) is 0 Å². The van der Waals surface area contributed by atoms with Crippen LogP contribution in [0.1, 0.15) is 43.0 Å². The van der Waals surface area contributed by atoms with E-state index < -0.39 is 5.41 Å². The van der Waals surface area contributed by atoms with Crippen LogP contribution in [0.15, 0.2) is 205 Å². The molecule has 0 saturated carbocycles. The molecule has 8 aromatic rings. The Morgan fingerprint density at radius 3 is 1.78 bits per heavy atom. The molecule has 0 spiro atoms. The maximum atomic E-state index is 7.13. The zero-order valence-electron chi connectivity index (χ0n) is 31.6. The lowest BCUT2D eigenvalue weighted by molar-refractivity contribution is 0.595. The fourth-order valence-electron chi connectivity index (χ4n) is 8.90. The van der Waals surface area contributed by atoms with Gasteiger partial charge in [-0.25, -0.2) is 0 Å². The second-order valence-electron chi connectivity index (χ2n) is 15.4. The van der Waals surface area contributed by atoms with Crippen molar-refractivity contribution in [1.82, 2.24) is 0 Å². The summed E-state index contributed by atoms with van der Waals surface area (Å²) in [4.78, 5) is 2.33. The Bertz CT molecular complexity index is 2710. The van der Waals surface area contributed by atoms with E-state index in [4.69, 9.17) is 4.42 Å². The smallest absolute Gasteiger partial charge is 0.159 e. The molecule has 0 bridgehead atoms. The van der Waals surface area contributed by atoms with Gasteiger partial charge in [0.1, 0.15) is 5.58 Å². The van der Waals surface area contributed by atoms with Crippen LogP contribution in [-0.4, -0.2) is 0 Å². The first-order valence-electron chi connectivity index (χ1n) is 19.0. The minimum atomic E-state index is -0.562. The topological polar surface area (TPSA) is 16.4 Å². The molecule has 266 valence electrons. The van der Waals surface area contributed by atoms with E-state index in [1.54, 1.807) is 0 Å². The second kappa shape index (κ2) is 13.3. The largest absolute Gasteiger partial charge is 0.453 e. The van der Waals surface area contributed by atoms with E-state index in [2.05, 4.69) is 209 Å².